The number of hydrogen-bond donors (Lipinski definition) is 3. The SMILES string of the molecule is COC(=O)[C@@H](NC(=O)c1ccc(C#CC#Cc2ccc(CN3CCCCC3)cc2)cc1O)C(C)(C)NCl. The van der Waals surface area contributed by atoms with Crippen molar-refractivity contribution in [2.24, 2.45) is 0 Å². The van der Waals surface area contributed by atoms with E-state index in [1.807, 2.05) is 12.1 Å². The maximum absolute atomic E-state index is 12.7. The van der Waals surface area contributed by atoms with Gasteiger partial charge in [0.05, 0.1) is 18.2 Å². The summed E-state index contributed by atoms with van der Waals surface area (Å²) in [5.41, 5.74) is 1.63. The van der Waals surface area contributed by atoms with Gasteiger partial charge < -0.3 is 15.2 Å². The molecule has 2 aromatic carbocycles. The van der Waals surface area contributed by atoms with E-state index in [0.29, 0.717) is 5.56 Å². The van der Waals surface area contributed by atoms with E-state index in [0.717, 1.165) is 25.2 Å². The Morgan fingerprint density at radius 1 is 1.05 bits per heavy atom. The lowest BCUT2D eigenvalue weighted by Gasteiger charge is -2.31. The molecule has 0 radical (unpaired) electrons. The van der Waals surface area contributed by atoms with Gasteiger partial charge in [0.1, 0.15) is 11.8 Å². The zero-order valence-corrected chi connectivity index (χ0v) is 22.1. The lowest BCUT2D eigenvalue weighted by Crippen LogP contribution is -2.59. The quantitative estimate of drug-likeness (QED) is 0.293. The number of likely N-dealkylation sites (tertiary alicyclic amines) is 1. The first-order chi connectivity index (χ1) is 17.7. The van der Waals surface area contributed by atoms with Gasteiger partial charge in [-0.1, -0.05) is 30.4 Å². The van der Waals surface area contributed by atoms with Crippen molar-refractivity contribution in [3.63, 3.8) is 0 Å². The van der Waals surface area contributed by atoms with Crippen molar-refractivity contribution in [2.45, 2.75) is 51.2 Å². The molecule has 0 unspecified atom stereocenters. The van der Waals surface area contributed by atoms with Crippen LogP contribution in [0.3, 0.4) is 0 Å². The Hall–Kier alpha value is -3.49. The Kier molecular flexibility index (Phi) is 10.00. The number of amides is 1. The second kappa shape index (κ2) is 13.2. The van der Waals surface area contributed by atoms with Crippen molar-refractivity contribution >= 4 is 23.7 Å². The number of esters is 1. The molecule has 0 bridgehead atoms. The zero-order chi connectivity index (χ0) is 26.8. The van der Waals surface area contributed by atoms with Crippen LogP contribution in [-0.2, 0) is 16.1 Å². The summed E-state index contributed by atoms with van der Waals surface area (Å²) in [5, 5.41) is 12.9. The third-order valence-corrected chi connectivity index (χ3v) is 6.69. The minimum absolute atomic E-state index is 0.0134. The van der Waals surface area contributed by atoms with Crippen molar-refractivity contribution in [2.75, 3.05) is 20.2 Å². The molecule has 3 rings (SSSR count). The van der Waals surface area contributed by atoms with E-state index in [-0.39, 0.29) is 11.3 Å². The molecular weight excluding hydrogens is 490 g/mol. The number of ether oxygens (including phenoxy) is 1. The molecule has 0 aliphatic carbocycles. The Morgan fingerprint density at radius 3 is 2.27 bits per heavy atom. The summed E-state index contributed by atoms with van der Waals surface area (Å²) in [4.78, 5) is 29.8. The normalized spacial score (nSPS) is 14.4. The first-order valence-corrected chi connectivity index (χ1v) is 12.5. The van der Waals surface area contributed by atoms with Gasteiger partial charge >= 0.3 is 5.97 Å². The molecule has 0 saturated carbocycles. The Bertz CT molecular complexity index is 1230. The average Bonchev–Trinajstić information content (AvgIpc) is 2.90. The second-order valence-electron chi connectivity index (χ2n) is 9.51. The van der Waals surface area contributed by atoms with Crippen LogP contribution in [0.4, 0.5) is 0 Å². The molecule has 0 spiro atoms. The highest BCUT2D eigenvalue weighted by Crippen LogP contribution is 2.20. The second-order valence-corrected chi connectivity index (χ2v) is 9.70. The Balaban J connectivity index is 1.63. The van der Waals surface area contributed by atoms with Crippen LogP contribution in [0.15, 0.2) is 42.5 Å². The number of piperidine rings is 1. The molecule has 1 saturated heterocycles. The standard InChI is InChI=1S/C29H32ClN3O4/c1-29(2,32-30)26(28(36)37-3)31-27(35)24-16-15-22(19-25(24)34)10-6-5-9-21-11-13-23(14-12-21)20-33-17-7-4-8-18-33/h11-16,19,26,32,34H,4,7-8,17-18,20H2,1-3H3,(H,31,35)/t26-/m1/s1. The van der Waals surface area contributed by atoms with Crippen LogP contribution >= 0.6 is 11.8 Å². The van der Waals surface area contributed by atoms with Gasteiger partial charge in [0.15, 0.2) is 0 Å². The predicted octanol–water partition coefficient (Wildman–Crippen LogP) is 3.57. The lowest BCUT2D eigenvalue weighted by molar-refractivity contribution is -0.144. The minimum Gasteiger partial charge on any atom is -0.507 e. The van der Waals surface area contributed by atoms with Crippen molar-refractivity contribution in [1.29, 1.82) is 0 Å². The Morgan fingerprint density at radius 2 is 1.68 bits per heavy atom. The summed E-state index contributed by atoms with van der Waals surface area (Å²) in [7, 11) is 1.21. The molecule has 2 aromatic rings. The highest BCUT2D eigenvalue weighted by atomic mass is 35.5. The number of carbonyl (C=O) groups is 2. The smallest absolute Gasteiger partial charge is 0.330 e. The van der Waals surface area contributed by atoms with E-state index < -0.39 is 23.5 Å². The third kappa shape index (κ3) is 8.00. The average molecular weight is 522 g/mol. The maximum atomic E-state index is 12.7. The Labute approximate surface area is 223 Å². The van der Waals surface area contributed by atoms with Crippen LogP contribution in [0.25, 0.3) is 0 Å². The van der Waals surface area contributed by atoms with E-state index in [1.54, 1.807) is 19.9 Å². The predicted molar refractivity (Wildman–Crippen MR) is 144 cm³/mol. The van der Waals surface area contributed by atoms with Gasteiger partial charge in [-0.25, -0.2) is 9.63 Å². The number of nitrogens with one attached hydrogen (secondary N) is 2. The first kappa shape index (κ1) is 28.1. The van der Waals surface area contributed by atoms with Crippen molar-refractivity contribution in [1.82, 2.24) is 15.1 Å². The molecule has 1 fully saturated rings. The molecule has 1 aliphatic heterocycles. The van der Waals surface area contributed by atoms with Crippen molar-refractivity contribution in [3.8, 4) is 29.4 Å². The molecule has 1 aliphatic rings. The lowest BCUT2D eigenvalue weighted by atomic mass is 9.95. The molecule has 8 heteroatoms. The van der Waals surface area contributed by atoms with E-state index >= 15 is 0 Å². The third-order valence-electron chi connectivity index (χ3n) is 6.20. The fourth-order valence-corrected chi connectivity index (χ4v) is 4.10. The number of halogens is 1. The summed E-state index contributed by atoms with van der Waals surface area (Å²) >= 11 is 5.73. The number of nitrogens with zero attached hydrogens (tertiary/aromatic N) is 1. The molecule has 1 atom stereocenters. The number of phenolic OH excluding ortho intramolecular Hbond substituents is 1. The molecule has 1 heterocycles. The number of rotatable bonds is 7. The van der Waals surface area contributed by atoms with Gasteiger partial charge in [-0.05, 0) is 99.3 Å². The van der Waals surface area contributed by atoms with E-state index in [4.69, 9.17) is 16.5 Å². The number of aromatic hydroxyl groups is 1. The molecule has 1 amide bonds. The number of carbonyl (C=O) groups excluding carboxylic acids is 2. The first-order valence-electron chi connectivity index (χ1n) is 12.2. The highest BCUT2D eigenvalue weighted by molar-refractivity contribution is 6.14. The maximum Gasteiger partial charge on any atom is 0.330 e. The highest BCUT2D eigenvalue weighted by Gasteiger charge is 2.37. The number of benzene rings is 2. The van der Waals surface area contributed by atoms with Crippen LogP contribution in [0.2, 0.25) is 0 Å². The van der Waals surface area contributed by atoms with Crippen molar-refractivity contribution < 1.29 is 19.4 Å². The molecule has 194 valence electrons. The fourth-order valence-electron chi connectivity index (χ4n) is 3.99. The van der Waals surface area contributed by atoms with Gasteiger partial charge in [0, 0.05) is 17.7 Å². The van der Waals surface area contributed by atoms with E-state index in [2.05, 4.69) is 50.9 Å². The van der Waals surface area contributed by atoms with Gasteiger partial charge in [0.25, 0.3) is 5.91 Å². The number of hydrogen-bond acceptors (Lipinski definition) is 6. The van der Waals surface area contributed by atoms with Crippen LogP contribution in [0, 0.1) is 23.7 Å². The number of phenols is 1. The number of methoxy groups -OCH3 is 1. The van der Waals surface area contributed by atoms with E-state index in [1.165, 1.54) is 44.1 Å². The van der Waals surface area contributed by atoms with Crippen LogP contribution in [0.1, 0.15) is 60.2 Å². The molecule has 37 heavy (non-hydrogen) atoms. The summed E-state index contributed by atoms with van der Waals surface area (Å²) < 4.78 is 4.76. The van der Waals surface area contributed by atoms with Crippen LogP contribution < -0.4 is 10.2 Å². The monoisotopic (exact) mass is 521 g/mol. The topological polar surface area (TPSA) is 90.9 Å². The van der Waals surface area contributed by atoms with Crippen molar-refractivity contribution in [3.05, 3.63) is 64.7 Å². The van der Waals surface area contributed by atoms with Crippen LogP contribution in [-0.4, -0.2) is 53.7 Å². The van der Waals surface area contributed by atoms with Gasteiger partial charge in [-0.15, -0.1) is 0 Å². The minimum atomic E-state index is -1.09. The fraction of sp³-hybridized carbons (Fsp3) is 0.379. The largest absolute Gasteiger partial charge is 0.507 e. The molecule has 0 aromatic heterocycles. The van der Waals surface area contributed by atoms with Gasteiger partial charge in [-0.2, -0.15) is 0 Å². The van der Waals surface area contributed by atoms with E-state index in [9.17, 15) is 14.7 Å². The zero-order valence-electron chi connectivity index (χ0n) is 21.4. The summed E-state index contributed by atoms with van der Waals surface area (Å²) in [6.45, 7) is 6.55. The van der Waals surface area contributed by atoms with Gasteiger partial charge in [0.2, 0.25) is 0 Å². The molecule has 7 nitrogen and oxygen atoms in total. The molecular formula is C29H32ClN3O4. The van der Waals surface area contributed by atoms with Crippen LogP contribution in [0.5, 0.6) is 5.75 Å². The summed E-state index contributed by atoms with van der Waals surface area (Å²) in [6, 6.07) is 11.5. The summed E-state index contributed by atoms with van der Waals surface area (Å²) in [6.07, 6.45) is 3.88. The molecule has 3 N–H and O–H groups in total. The van der Waals surface area contributed by atoms with Gasteiger partial charge in [-0.3, -0.25) is 9.69 Å². The summed E-state index contributed by atoms with van der Waals surface area (Å²) in [5.74, 6) is 9.87.